The number of esters is 1. The Bertz CT molecular complexity index is 1100. The minimum absolute atomic E-state index is 0.237. The molecule has 0 bridgehead atoms. The van der Waals surface area contributed by atoms with Crippen LogP contribution in [-0.2, 0) is 9.53 Å². The maximum Gasteiger partial charge on any atom is 0.339 e. The molecule has 1 atom stereocenters. The topological polar surface area (TPSA) is 81.7 Å². The molecule has 6 heteroatoms. The first kappa shape index (κ1) is 23.5. The first-order valence-corrected chi connectivity index (χ1v) is 10.6. The number of amides is 1. The van der Waals surface area contributed by atoms with Gasteiger partial charge in [0.15, 0.2) is 6.10 Å². The van der Waals surface area contributed by atoms with E-state index in [-0.39, 0.29) is 11.7 Å². The lowest BCUT2D eigenvalue weighted by molar-refractivity contribution is -0.116. The molecule has 0 aliphatic carbocycles. The van der Waals surface area contributed by atoms with Crippen molar-refractivity contribution in [2.24, 2.45) is 0 Å². The van der Waals surface area contributed by atoms with Gasteiger partial charge in [0, 0.05) is 17.7 Å². The van der Waals surface area contributed by atoms with Crippen LogP contribution < -0.4 is 10.1 Å². The molecule has 0 aliphatic rings. The van der Waals surface area contributed by atoms with E-state index in [4.69, 9.17) is 9.47 Å². The van der Waals surface area contributed by atoms with Crippen molar-refractivity contribution in [3.63, 3.8) is 0 Å². The zero-order valence-corrected chi connectivity index (χ0v) is 18.1. The second kappa shape index (κ2) is 12.0. The third kappa shape index (κ3) is 6.90. The highest BCUT2D eigenvalue weighted by molar-refractivity contribution is 6.02. The highest BCUT2D eigenvalue weighted by Crippen LogP contribution is 2.27. The molecule has 1 N–H and O–H groups in total. The van der Waals surface area contributed by atoms with Gasteiger partial charge in [-0.1, -0.05) is 67.2 Å². The van der Waals surface area contributed by atoms with E-state index in [1.54, 1.807) is 78.9 Å². The first-order chi connectivity index (χ1) is 16.1. The van der Waals surface area contributed by atoms with Gasteiger partial charge in [-0.05, 0) is 36.8 Å². The van der Waals surface area contributed by atoms with Crippen molar-refractivity contribution in [2.45, 2.75) is 12.5 Å². The van der Waals surface area contributed by atoms with Gasteiger partial charge in [-0.25, -0.2) is 4.79 Å². The fraction of sp³-hybridized carbons (Fsp3) is 0.148. The maximum absolute atomic E-state index is 13.2. The van der Waals surface area contributed by atoms with Crippen LogP contribution in [0, 0.1) is 0 Å². The summed E-state index contributed by atoms with van der Waals surface area (Å²) < 4.78 is 11.4. The van der Waals surface area contributed by atoms with E-state index in [0.717, 1.165) is 0 Å². The van der Waals surface area contributed by atoms with E-state index < -0.39 is 12.1 Å². The number of carbonyl (C=O) groups excluding carboxylic acids is 3. The van der Waals surface area contributed by atoms with Gasteiger partial charge >= 0.3 is 5.97 Å². The summed E-state index contributed by atoms with van der Waals surface area (Å²) in [7, 11) is 0. The van der Waals surface area contributed by atoms with Crippen molar-refractivity contribution < 1.29 is 23.9 Å². The van der Waals surface area contributed by atoms with E-state index in [2.05, 4.69) is 11.9 Å². The quantitative estimate of drug-likeness (QED) is 0.204. The van der Waals surface area contributed by atoms with Crippen LogP contribution in [0.15, 0.2) is 97.6 Å². The van der Waals surface area contributed by atoms with Crippen molar-refractivity contribution in [1.29, 1.82) is 0 Å². The number of Topliss-reactive ketones (excluding diaryl/α,β-unsaturated/α-hetero) is 1. The molecule has 3 aromatic rings. The Labute approximate surface area is 192 Å². The number of hydrogen-bond donors (Lipinski definition) is 1. The molecule has 0 radical (unpaired) electrons. The van der Waals surface area contributed by atoms with Gasteiger partial charge in [0.2, 0.25) is 11.7 Å². The molecular weight excluding hydrogens is 418 g/mol. The van der Waals surface area contributed by atoms with Gasteiger partial charge in [-0.2, -0.15) is 0 Å². The van der Waals surface area contributed by atoms with Crippen LogP contribution >= 0.6 is 0 Å². The van der Waals surface area contributed by atoms with Gasteiger partial charge < -0.3 is 14.8 Å². The van der Waals surface area contributed by atoms with Crippen molar-refractivity contribution >= 4 is 17.7 Å². The molecule has 0 saturated carbocycles. The van der Waals surface area contributed by atoms with E-state index in [1.165, 1.54) is 6.08 Å². The second-order valence-corrected chi connectivity index (χ2v) is 7.15. The Hall–Kier alpha value is -4.19. The molecule has 3 rings (SSSR count). The summed E-state index contributed by atoms with van der Waals surface area (Å²) in [4.78, 5) is 37.2. The molecule has 0 spiro atoms. The molecule has 1 unspecified atom stereocenters. The van der Waals surface area contributed by atoms with E-state index >= 15 is 0 Å². The Morgan fingerprint density at radius 1 is 0.879 bits per heavy atom. The van der Waals surface area contributed by atoms with Crippen LogP contribution in [0.3, 0.4) is 0 Å². The number of benzene rings is 3. The van der Waals surface area contributed by atoms with Crippen LogP contribution in [0.4, 0.5) is 0 Å². The fourth-order valence-corrected chi connectivity index (χ4v) is 3.09. The maximum atomic E-state index is 13.2. The predicted molar refractivity (Wildman–Crippen MR) is 125 cm³/mol. The average Bonchev–Trinajstić information content (AvgIpc) is 2.87. The van der Waals surface area contributed by atoms with E-state index in [9.17, 15) is 14.4 Å². The minimum atomic E-state index is -1.13. The van der Waals surface area contributed by atoms with Crippen molar-refractivity contribution in [1.82, 2.24) is 5.32 Å². The summed E-state index contributed by atoms with van der Waals surface area (Å²) in [5.41, 5.74) is 1.30. The van der Waals surface area contributed by atoms with Crippen LogP contribution in [0.25, 0.3) is 0 Å². The zero-order chi connectivity index (χ0) is 23.5. The molecule has 0 heterocycles. The highest BCUT2D eigenvalue weighted by Gasteiger charge is 2.27. The minimum Gasteiger partial charge on any atom is -0.494 e. The summed E-state index contributed by atoms with van der Waals surface area (Å²) >= 11 is 0. The van der Waals surface area contributed by atoms with Gasteiger partial charge in [0.1, 0.15) is 5.75 Å². The van der Waals surface area contributed by atoms with Gasteiger partial charge in [0.25, 0.3) is 0 Å². The van der Waals surface area contributed by atoms with Crippen LogP contribution in [-0.4, -0.2) is 30.8 Å². The second-order valence-electron chi connectivity index (χ2n) is 7.15. The Balaban J connectivity index is 1.76. The van der Waals surface area contributed by atoms with Crippen molar-refractivity contribution in [3.05, 3.63) is 114 Å². The van der Waals surface area contributed by atoms with Crippen molar-refractivity contribution in [2.75, 3.05) is 13.2 Å². The van der Waals surface area contributed by atoms with E-state index in [1.807, 2.05) is 6.07 Å². The smallest absolute Gasteiger partial charge is 0.339 e. The lowest BCUT2D eigenvalue weighted by Gasteiger charge is -2.18. The Kier molecular flexibility index (Phi) is 8.54. The number of carbonyl (C=O) groups is 3. The lowest BCUT2D eigenvalue weighted by atomic mass is 9.99. The van der Waals surface area contributed by atoms with Gasteiger partial charge in [0.05, 0.1) is 12.2 Å². The number of rotatable bonds is 11. The molecule has 6 nitrogen and oxygen atoms in total. The molecule has 0 saturated heterocycles. The zero-order valence-electron chi connectivity index (χ0n) is 18.1. The monoisotopic (exact) mass is 443 g/mol. The third-order valence-electron chi connectivity index (χ3n) is 4.77. The summed E-state index contributed by atoms with van der Waals surface area (Å²) in [6, 6.07) is 24.1. The lowest BCUT2D eigenvalue weighted by Crippen LogP contribution is -2.23. The average molecular weight is 443 g/mol. The van der Waals surface area contributed by atoms with Crippen molar-refractivity contribution in [3.8, 4) is 5.75 Å². The molecule has 0 fully saturated rings. The number of ketones is 1. The molecule has 33 heavy (non-hydrogen) atoms. The predicted octanol–water partition coefficient (Wildman–Crippen LogP) is 4.54. The number of hydrogen-bond acceptors (Lipinski definition) is 5. The number of ether oxygens (including phenoxy) is 2. The summed E-state index contributed by atoms with van der Waals surface area (Å²) in [5, 5.41) is 2.68. The molecule has 1 amide bonds. The summed E-state index contributed by atoms with van der Waals surface area (Å²) in [5.74, 6) is -0.623. The SMILES string of the molecule is C=CC(=O)NCCCOc1cccc(C(OC(=O)c2ccccc2)C(=O)c2ccccc2)c1. The summed E-state index contributed by atoms with van der Waals surface area (Å²) in [6.45, 7) is 4.22. The largest absolute Gasteiger partial charge is 0.494 e. The van der Waals surface area contributed by atoms with Gasteiger partial charge in [-0.3, -0.25) is 9.59 Å². The first-order valence-electron chi connectivity index (χ1n) is 10.6. The van der Waals surface area contributed by atoms with Crippen LogP contribution in [0.1, 0.15) is 38.8 Å². The molecular formula is C27H25NO5. The number of nitrogens with one attached hydrogen (secondary N) is 1. The molecule has 0 aromatic heterocycles. The highest BCUT2D eigenvalue weighted by atomic mass is 16.5. The van der Waals surface area contributed by atoms with Crippen LogP contribution in [0.2, 0.25) is 0 Å². The summed E-state index contributed by atoms with van der Waals surface area (Å²) in [6.07, 6.45) is 0.681. The molecule has 0 aliphatic heterocycles. The molecule has 168 valence electrons. The Morgan fingerprint density at radius 2 is 1.55 bits per heavy atom. The molecule has 3 aromatic carbocycles. The standard InChI is InChI=1S/C27H25NO5/c1-2-24(29)28-17-10-18-32-23-16-9-15-22(19-23)26(25(30)20-11-5-3-6-12-20)33-27(31)21-13-7-4-8-14-21/h2-9,11-16,19,26H,1,10,17-18H2,(H,28,29). The van der Waals surface area contributed by atoms with E-state index in [0.29, 0.717) is 42.0 Å². The third-order valence-corrected chi connectivity index (χ3v) is 4.77. The van der Waals surface area contributed by atoms with Crippen LogP contribution in [0.5, 0.6) is 5.75 Å². The normalized spacial score (nSPS) is 11.2. The fourth-order valence-electron chi connectivity index (χ4n) is 3.09. The van der Waals surface area contributed by atoms with Gasteiger partial charge in [-0.15, -0.1) is 0 Å². The Morgan fingerprint density at radius 3 is 2.21 bits per heavy atom.